The number of pyridine rings is 1. The highest BCUT2D eigenvalue weighted by Crippen LogP contribution is 2.24. The van der Waals surface area contributed by atoms with Gasteiger partial charge in [-0.2, -0.15) is 0 Å². The van der Waals surface area contributed by atoms with Gasteiger partial charge in [0.05, 0.1) is 4.92 Å². The topological polar surface area (TPSA) is 111 Å². The summed E-state index contributed by atoms with van der Waals surface area (Å²) in [4.78, 5) is 25.8. The standard InChI is InChI=1S/C12H18N4O3/c1-4-8(3)10(11(13)17)15-12-9(16(18)19)5-7(2)6-14-12/h5-6,8,10H,4H2,1-3H3,(H2,13,17)(H,14,15)/t8-,10+/m0/s1. The van der Waals surface area contributed by atoms with Crippen molar-refractivity contribution in [1.29, 1.82) is 0 Å². The molecule has 0 saturated carbocycles. The molecule has 1 amide bonds. The van der Waals surface area contributed by atoms with Crippen LogP contribution < -0.4 is 11.1 Å². The molecule has 1 aromatic heterocycles. The molecule has 3 N–H and O–H groups in total. The monoisotopic (exact) mass is 266 g/mol. The number of carbonyl (C=O) groups is 1. The molecule has 1 aromatic rings. The summed E-state index contributed by atoms with van der Waals surface area (Å²) in [6, 6.07) is 0.725. The minimum absolute atomic E-state index is 0.0415. The van der Waals surface area contributed by atoms with Crippen molar-refractivity contribution >= 4 is 17.4 Å². The largest absolute Gasteiger partial charge is 0.368 e. The number of primary amides is 1. The summed E-state index contributed by atoms with van der Waals surface area (Å²) >= 11 is 0. The lowest BCUT2D eigenvalue weighted by Gasteiger charge is -2.21. The van der Waals surface area contributed by atoms with Gasteiger partial charge in [0.15, 0.2) is 0 Å². The van der Waals surface area contributed by atoms with Gasteiger partial charge in [-0.1, -0.05) is 20.3 Å². The van der Waals surface area contributed by atoms with E-state index >= 15 is 0 Å². The van der Waals surface area contributed by atoms with Gasteiger partial charge in [0.2, 0.25) is 11.7 Å². The second kappa shape index (κ2) is 6.12. The molecule has 2 atom stereocenters. The number of amides is 1. The highest BCUT2D eigenvalue weighted by molar-refractivity contribution is 5.83. The van der Waals surface area contributed by atoms with E-state index in [1.54, 1.807) is 6.92 Å². The van der Waals surface area contributed by atoms with Crippen molar-refractivity contribution in [3.63, 3.8) is 0 Å². The second-order valence-corrected chi connectivity index (χ2v) is 4.55. The van der Waals surface area contributed by atoms with Crippen molar-refractivity contribution in [3.05, 3.63) is 27.9 Å². The predicted octanol–water partition coefficient (Wildman–Crippen LogP) is 1.61. The van der Waals surface area contributed by atoms with Gasteiger partial charge in [-0.05, 0) is 18.4 Å². The van der Waals surface area contributed by atoms with Crippen LogP contribution in [0, 0.1) is 23.0 Å². The van der Waals surface area contributed by atoms with Crippen LogP contribution >= 0.6 is 0 Å². The van der Waals surface area contributed by atoms with E-state index in [1.807, 2.05) is 13.8 Å². The van der Waals surface area contributed by atoms with Crippen molar-refractivity contribution in [2.24, 2.45) is 11.7 Å². The summed E-state index contributed by atoms with van der Waals surface area (Å²) in [6.45, 7) is 5.48. The van der Waals surface area contributed by atoms with E-state index in [9.17, 15) is 14.9 Å². The van der Waals surface area contributed by atoms with Crippen LogP contribution in [0.5, 0.6) is 0 Å². The van der Waals surface area contributed by atoms with Crippen LogP contribution in [0.15, 0.2) is 12.3 Å². The number of nitro groups is 1. The summed E-state index contributed by atoms with van der Waals surface area (Å²) < 4.78 is 0. The first-order chi connectivity index (χ1) is 8.86. The Morgan fingerprint density at radius 1 is 1.63 bits per heavy atom. The lowest BCUT2D eigenvalue weighted by molar-refractivity contribution is -0.384. The first-order valence-corrected chi connectivity index (χ1v) is 6.03. The van der Waals surface area contributed by atoms with E-state index in [2.05, 4.69) is 10.3 Å². The van der Waals surface area contributed by atoms with Crippen LogP contribution in [0.2, 0.25) is 0 Å². The highest BCUT2D eigenvalue weighted by atomic mass is 16.6. The number of nitrogens with two attached hydrogens (primary N) is 1. The maximum Gasteiger partial charge on any atom is 0.311 e. The zero-order chi connectivity index (χ0) is 14.6. The third-order valence-corrected chi connectivity index (χ3v) is 3.01. The number of nitrogens with zero attached hydrogens (tertiary/aromatic N) is 2. The van der Waals surface area contributed by atoms with Crippen LogP contribution in [-0.4, -0.2) is 21.9 Å². The average molecular weight is 266 g/mol. The molecule has 0 aliphatic rings. The Morgan fingerprint density at radius 2 is 2.26 bits per heavy atom. The SMILES string of the molecule is CC[C@H](C)[C@@H](Nc1ncc(C)cc1[N+](=O)[O-])C(N)=O. The molecule has 7 heteroatoms. The molecule has 1 rings (SSSR count). The smallest absolute Gasteiger partial charge is 0.311 e. The number of rotatable bonds is 6. The molecule has 0 unspecified atom stereocenters. The molecule has 0 saturated heterocycles. The fraction of sp³-hybridized carbons (Fsp3) is 0.500. The number of aryl methyl sites for hydroxylation is 1. The Morgan fingerprint density at radius 3 is 2.74 bits per heavy atom. The van der Waals surface area contributed by atoms with E-state index in [1.165, 1.54) is 12.3 Å². The Bertz CT molecular complexity index is 490. The lowest BCUT2D eigenvalue weighted by Crippen LogP contribution is -2.40. The van der Waals surface area contributed by atoms with Gasteiger partial charge < -0.3 is 11.1 Å². The number of anilines is 1. The van der Waals surface area contributed by atoms with Crippen molar-refractivity contribution in [1.82, 2.24) is 4.98 Å². The highest BCUT2D eigenvalue weighted by Gasteiger charge is 2.25. The molecule has 0 fully saturated rings. The first-order valence-electron chi connectivity index (χ1n) is 6.03. The Labute approximate surface area is 111 Å². The van der Waals surface area contributed by atoms with Crippen molar-refractivity contribution < 1.29 is 9.72 Å². The summed E-state index contributed by atoms with van der Waals surface area (Å²) in [5.74, 6) is -0.522. The number of hydrogen-bond donors (Lipinski definition) is 2. The maximum absolute atomic E-state index is 11.4. The molecule has 0 aliphatic carbocycles. The van der Waals surface area contributed by atoms with Crippen LogP contribution in [-0.2, 0) is 4.79 Å². The number of hydrogen-bond acceptors (Lipinski definition) is 5. The predicted molar refractivity (Wildman–Crippen MR) is 71.7 cm³/mol. The van der Waals surface area contributed by atoms with Gasteiger partial charge >= 0.3 is 5.69 Å². The molecule has 1 heterocycles. The molecule has 19 heavy (non-hydrogen) atoms. The molecular formula is C12H18N4O3. The molecule has 0 spiro atoms. The average Bonchev–Trinajstić information content (AvgIpc) is 2.35. The Balaban J connectivity index is 3.09. The molecule has 0 aromatic carbocycles. The number of carbonyl (C=O) groups excluding carboxylic acids is 1. The van der Waals surface area contributed by atoms with E-state index in [-0.39, 0.29) is 17.4 Å². The van der Waals surface area contributed by atoms with Crippen LogP contribution in [0.1, 0.15) is 25.8 Å². The van der Waals surface area contributed by atoms with E-state index in [0.29, 0.717) is 5.56 Å². The zero-order valence-corrected chi connectivity index (χ0v) is 11.2. The van der Waals surface area contributed by atoms with Gasteiger partial charge in [0.1, 0.15) is 6.04 Å². The number of nitrogens with one attached hydrogen (secondary N) is 1. The molecular weight excluding hydrogens is 248 g/mol. The normalized spacial score (nSPS) is 13.6. The van der Waals surface area contributed by atoms with Gasteiger partial charge in [0, 0.05) is 12.3 Å². The van der Waals surface area contributed by atoms with E-state index < -0.39 is 16.9 Å². The quantitative estimate of drug-likeness (QED) is 0.600. The molecule has 0 radical (unpaired) electrons. The maximum atomic E-state index is 11.4. The van der Waals surface area contributed by atoms with Crippen molar-refractivity contribution in [3.8, 4) is 0 Å². The third kappa shape index (κ3) is 3.64. The second-order valence-electron chi connectivity index (χ2n) is 4.55. The summed E-state index contributed by atoms with van der Waals surface area (Å²) in [7, 11) is 0. The lowest BCUT2D eigenvalue weighted by atomic mass is 9.98. The summed E-state index contributed by atoms with van der Waals surface area (Å²) in [5.41, 5.74) is 5.84. The minimum atomic E-state index is -0.682. The Hall–Kier alpha value is -2.18. The zero-order valence-electron chi connectivity index (χ0n) is 11.2. The molecule has 104 valence electrons. The van der Waals surface area contributed by atoms with Crippen molar-refractivity contribution in [2.45, 2.75) is 33.2 Å². The fourth-order valence-electron chi connectivity index (χ4n) is 1.68. The fourth-order valence-corrected chi connectivity index (χ4v) is 1.68. The molecule has 7 nitrogen and oxygen atoms in total. The number of aromatic nitrogens is 1. The van der Waals surface area contributed by atoms with Gasteiger partial charge in [0.25, 0.3) is 0 Å². The van der Waals surface area contributed by atoms with Crippen molar-refractivity contribution in [2.75, 3.05) is 5.32 Å². The van der Waals surface area contributed by atoms with Crippen LogP contribution in [0.25, 0.3) is 0 Å². The minimum Gasteiger partial charge on any atom is -0.368 e. The van der Waals surface area contributed by atoms with Crippen LogP contribution in [0.3, 0.4) is 0 Å². The van der Waals surface area contributed by atoms with E-state index in [0.717, 1.165) is 6.42 Å². The molecule has 0 bridgehead atoms. The Kier molecular flexibility index (Phi) is 4.80. The first kappa shape index (κ1) is 14.9. The third-order valence-electron chi connectivity index (χ3n) is 3.01. The summed E-state index contributed by atoms with van der Waals surface area (Å²) in [6.07, 6.45) is 2.23. The van der Waals surface area contributed by atoms with Gasteiger partial charge in [-0.25, -0.2) is 4.98 Å². The molecule has 0 aliphatic heterocycles. The van der Waals surface area contributed by atoms with Gasteiger partial charge in [-0.15, -0.1) is 0 Å². The summed E-state index contributed by atoms with van der Waals surface area (Å²) in [5, 5.41) is 13.8. The van der Waals surface area contributed by atoms with E-state index in [4.69, 9.17) is 5.73 Å². The van der Waals surface area contributed by atoms with Crippen LogP contribution in [0.4, 0.5) is 11.5 Å². The van der Waals surface area contributed by atoms with Gasteiger partial charge in [-0.3, -0.25) is 14.9 Å².